The van der Waals surface area contributed by atoms with Crippen LogP contribution in [0.4, 0.5) is 0 Å². The first kappa shape index (κ1) is 23.8. The fraction of sp³-hybridized carbons (Fsp3) is 0.815. The summed E-state index contributed by atoms with van der Waals surface area (Å²) in [5.74, 6) is -0.190. The molecule has 5 rings (SSSR count). The minimum Gasteiger partial charge on any atom is -0.463 e. The van der Waals surface area contributed by atoms with Crippen molar-refractivity contribution in [3.05, 3.63) is 11.6 Å². The van der Waals surface area contributed by atoms with E-state index in [-0.39, 0.29) is 47.9 Å². The summed E-state index contributed by atoms with van der Waals surface area (Å²) in [5.41, 5.74) is -0.535. The lowest BCUT2D eigenvalue weighted by atomic mass is 9.43. The summed E-state index contributed by atoms with van der Waals surface area (Å²) >= 11 is 0. The minimum absolute atomic E-state index is 0.000108. The molecule has 4 fully saturated rings. The number of fused-ring (bicyclic) bond motifs is 5. The number of carbonyl (C=O) groups excluding carboxylic acids is 3. The molecule has 0 saturated heterocycles. The Hall–Kier alpha value is -1.89. The summed E-state index contributed by atoms with van der Waals surface area (Å²) in [6, 6.07) is 0. The Morgan fingerprint density at radius 2 is 1.76 bits per heavy atom. The zero-order chi connectivity index (χ0) is 24.5. The Bertz CT molecular complexity index is 926. The molecule has 0 aromatic heterocycles. The van der Waals surface area contributed by atoms with Crippen LogP contribution in [-0.4, -0.2) is 47.4 Å². The molecule has 0 aromatic carbocycles. The van der Waals surface area contributed by atoms with Crippen molar-refractivity contribution >= 4 is 17.9 Å². The van der Waals surface area contributed by atoms with Gasteiger partial charge in [0.05, 0.1) is 5.60 Å². The molecule has 1 heterocycles. The zero-order valence-corrected chi connectivity index (χ0v) is 20.8. The largest absolute Gasteiger partial charge is 0.463 e. The predicted octanol–water partition coefficient (Wildman–Crippen LogP) is 3.72. The van der Waals surface area contributed by atoms with Crippen molar-refractivity contribution < 1.29 is 33.7 Å². The molecule has 4 saturated carbocycles. The molecule has 0 spiro atoms. The van der Waals surface area contributed by atoms with Gasteiger partial charge < -0.3 is 19.3 Å². The molecular formula is C27H38O7. The number of hydrogen-bond donors (Lipinski definition) is 1. The SMILES string of the molecule is CC(=O)O[C@@H]1CC[C@@]2(C)[C@H](CC[C@@H]3[C@@H]2CC[C@]2(C)[C@@H](C4=CC(=O)OC4)[C@@H](OC(C)=O)C[C@]32O)C1. The van der Waals surface area contributed by atoms with Crippen molar-refractivity contribution in [3.63, 3.8) is 0 Å². The zero-order valence-electron chi connectivity index (χ0n) is 20.8. The van der Waals surface area contributed by atoms with E-state index in [1.54, 1.807) is 6.08 Å². The third-order valence-electron chi connectivity index (χ3n) is 10.5. The van der Waals surface area contributed by atoms with E-state index in [1.807, 2.05) is 0 Å². The Labute approximate surface area is 201 Å². The topological polar surface area (TPSA) is 99.1 Å². The van der Waals surface area contributed by atoms with Crippen LogP contribution in [0.15, 0.2) is 11.6 Å². The highest BCUT2D eigenvalue weighted by Crippen LogP contribution is 2.70. The van der Waals surface area contributed by atoms with Gasteiger partial charge in [-0.3, -0.25) is 9.59 Å². The average molecular weight is 475 g/mol. The number of ether oxygens (including phenoxy) is 3. The molecule has 1 aliphatic heterocycles. The van der Waals surface area contributed by atoms with Crippen LogP contribution in [0.1, 0.15) is 79.1 Å². The van der Waals surface area contributed by atoms with Gasteiger partial charge in [0.15, 0.2) is 0 Å². The van der Waals surface area contributed by atoms with Crippen molar-refractivity contribution in [2.24, 2.45) is 34.5 Å². The lowest BCUT2D eigenvalue weighted by Gasteiger charge is -2.63. The maximum absolute atomic E-state index is 12.5. The van der Waals surface area contributed by atoms with Gasteiger partial charge in [0, 0.05) is 37.7 Å². The third-order valence-corrected chi connectivity index (χ3v) is 10.5. The summed E-state index contributed by atoms with van der Waals surface area (Å²) in [6.45, 7) is 7.61. The highest BCUT2D eigenvalue weighted by Gasteiger charge is 2.71. The molecule has 34 heavy (non-hydrogen) atoms. The fourth-order valence-corrected chi connectivity index (χ4v) is 9.08. The van der Waals surface area contributed by atoms with E-state index in [1.165, 1.54) is 13.8 Å². The van der Waals surface area contributed by atoms with Crippen molar-refractivity contribution in [1.29, 1.82) is 0 Å². The molecule has 0 unspecified atom stereocenters. The molecule has 7 heteroatoms. The minimum atomic E-state index is -0.978. The van der Waals surface area contributed by atoms with Crippen LogP contribution >= 0.6 is 0 Å². The van der Waals surface area contributed by atoms with Gasteiger partial charge in [-0.1, -0.05) is 13.8 Å². The van der Waals surface area contributed by atoms with Gasteiger partial charge in [-0.05, 0) is 73.7 Å². The standard InChI is InChI=1S/C27H38O7/c1-15(28)33-19-7-9-25(3)18(12-19)5-6-21-20(25)8-10-26(4)24(17-11-23(30)32-14-17)22(34-16(2)29)13-27(21,26)31/h11,18-22,24,31H,5-10,12-14H2,1-4H3/t18-,19-,20+,21-,22+,24+,25+,26-,27+/m1/s1. The fourth-order valence-electron chi connectivity index (χ4n) is 9.08. The summed E-state index contributed by atoms with van der Waals surface area (Å²) in [7, 11) is 0. The lowest BCUT2D eigenvalue weighted by molar-refractivity contribution is -0.210. The molecule has 7 nitrogen and oxygen atoms in total. The van der Waals surface area contributed by atoms with Gasteiger partial charge >= 0.3 is 17.9 Å². The van der Waals surface area contributed by atoms with E-state index in [2.05, 4.69) is 13.8 Å². The second-order valence-corrected chi connectivity index (χ2v) is 12.0. The van der Waals surface area contributed by atoms with Crippen LogP contribution in [-0.2, 0) is 28.6 Å². The van der Waals surface area contributed by atoms with Crippen molar-refractivity contribution in [2.75, 3.05) is 6.61 Å². The second-order valence-electron chi connectivity index (χ2n) is 12.0. The van der Waals surface area contributed by atoms with E-state index in [0.29, 0.717) is 18.3 Å². The molecular weight excluding hydrogens is 436 g/mol. The molecule has 1 N–H and O–H groups in total. The van der Waals surface area contributed by atoms with Gasteiger partial charge in [-0.25, -0.2) is 4.79 Å². The molecule has 9 atom stereocenters. The van der Waals surface area contributed by atoms with Crippen LogP contribution in [0.5, 0.6) is 0 Å². The van der Waals surface area contributed by atoms with Gasteiger partial charge in [0.25, 0.3) is 0 Å². The highest BCUT2D eigenvalue weighted by molar-refractivity contribution is 5.85. The van der Waals surface area contributed by atoms with Crippen molar-refractivity contribution in [3.8, 4) is 0 Å². The Morgan fingerprint density at radius 1 is 1.03 bits per heavy atom. The molecule has 188 valence electrons. The number of rotatable bonds is 3. The van der Waals surface area contributed by atoms with Crippen molar-refractivity contribution in [1.82, 2.24) is 0 Å². The maximum atomic E-state index is 12.5. The third kappa shape index (κ3) is 3.44. The molecule has 0 radical (unpaired) electrons. The molecule has 0 bridgehead atoms. The van der Waals surface area contributed by atoms with E-state index in [0.717, 1.165) is 50.5 Å². The van der Waals surface area contributed by atoms with E-state index < -0.39 is 17.1 Å². The quantitative estimate of drug-likeness (QED) is 0.492. The number of carbonyl (C=O) groups is 3. The Balaban J connectivity index is 1.46. The second kappa shape index (κ2) is 8.07. The maximum Gasteiger partial charge on any atom is 0.331 e. The molecule has 5 aliphatic rings. The van der Waals surface area contributed by atoms with Crippen LogP contribution in [0, 0.1) is 34.5 Å². The van der Waals surface area contributed by atoms with E-state index >= 15 is 0 Å². The smallest absolute Gasteiger partial charge is 0.331 e. The van der Waals surface area contributed by atoms with Crippen molar-refractivity contribution in [2.45, 2.75) is 96.9 Å². The van der Waals surface area contributed by atoms with Gasteiger partial charge in [0.2, 0.25) is 0 Å². The average Bonchev–Trinajstić information content (AvgIpc) is 3.25. The van der Waals surface area contributed by atoms with Crippen LogP contribution < -0.4 is 0 Å². The number of hydrogen-bond acceptors (Lipinski definition) is 7. The molecule has 0 aromatic rings. The summed E-state index contributed by atoms with van der Waals surface area (Å²) in [4.78, 5) is 35.4. The molecule has 0 amide bonds. The van der Waals surface area contributed by atoms with Crippen LogP contribution in [0.2, 0.25) is 0 Å². The van der Waals surface area contributed by atoms with Gasteiger partial charge in [0.1, 0.15) is 18.8 Å². The first-order valence-electron chi connectivity index (χ1n) is 12.9. The summed E-state index contributed by atoms with van der Waals surface area (Å²) in [6.07, 6.45) is 7.98. The lowest BCUT2D eigenvalue weighted by Crippen LogP contribution is -2.62. The predicted molar refractivity (Wildman–Crippen MR) is 122 cm³/mol. The first-order chi connectivity index (χ1) is 16.0. The van der Waals surface area contributed by atoms with E-state index in [4.69, 9.17) is 14.2 Å². The molecule has 4 aliphatic carbocycles. The number of cyclic esters (lactones) is 1. The monoisotopic (exact) mass is 474 g/mol. The normalized spacial score (nSPS) is 47.6. The van der Waals surface area contributed by atoms with Crippen LogP contribution in [0.25, 0.3) is 0 Å². The summed E-state index contributed by atoms with van der Waals surface area (Å²) < 4.78 is 16.6. The van der Waals surface area contributed by atoms with Gasteiger partial charge in [-0.15, -0.1) is 0 Å². The highest BCUT2D eigenvalue weighted by atomic mass is 16.6. The summed E-state index contributed by atoms with van der Waals surface area (Å²) in [5, 5.41) is 12.5. The Kier molecular flexibility index (Phi) is 5.66. The van der Waals surface area contributed by atoms with Gasteiger partial charge in [-0.2, -0.15) is 0 Å². The Morgan fingerprint density at radius 3 is 2.41 bits per heavy atom. The number of aliphatic hydroxyl groups is 1. The first-order valence-corrected chi connectivity index (χ1v) is 12.9. The van der Waals surface area contributed by atoms with E-state index in [9.17, 15) is 19.5 Å². The number of esters is 3. The van der Waals surface area contributed by atoms with Crippen LogP contribution in [0.3, 0.4) is 0 Å².